The molecule has 124 heavy (non-hydrogen) atoms. The lowest BCUT2D eigenvalue weighted by atomic mass is 9.65. The highest BCUT2D eigenvalue weighted by Gasteiger charge is 2.75. The highest BCUT2D eigenvalue weighted by Crippen LogP contribution is 2.55. The number of alkyl halides is 24. The van der Waals surface area contributed by atoms with E-state index in [-0.39, 0.29) is 53.2 Å². The van der Waals surface area contributed by atoms with E-state index in [0.29, 0.717) is 53.7 Å². The van der Waals surface area contributed by atoms with Crippen molar-refractivity contribution in [1.82, 2.24) is 4.72 Å². The smallest absolute Gasteiger partial charge is 0.426 e. The van der Waals surface area contributed by atoms with Gasteiger partial charge in [0.15, 0.2) is 33.6 Å². The summed E-state index contributed by atoms with van der Waals surface area (Å²) in [5.41, 5.74) is -24.4. The standard InChI is InChI=1S/C16H22F6O5.C16H22F6O4.C13H16F6O4.C13H21F3O3.C10H15F3O3.C8H15NO3S/c1-7(2)12(24)27-8-5-9(13(3,25)15(17,18)19)11(23)10(6-8)14(4,26)16(20,21)22;1-8(2)12(23)26-11-6-9(13(3,24)15(17,18)19)5-10(7-11)14(4,25)16(20,21)22;1-6(2)10(21)23-7-3-4-9(20)8(5-7)11(22,12(14,15)16)13(17,18)19;1-8(2)6-10(19-11(17)9(3)4)7-12(5,18)13(14,15)16;1-6(2)8(14)16-7(3)5-9(4,15)10(11,12)13;1-7(2)8(10)12-6-5-9-13(3,4)11/h8-11,23,25-26H,1,5-6H2,2-4H3;9-11,24-25H,1,5-7H2,2-4H3;7-9,20,22H,1,3-5H2,2H3;8,10,18H,3,6-7H2,1-2,4-5H3;7,15H,1,5H2,2-4H3;1,3,5-6H2,2,4H3,(H,9,11). The Bertz CT molecular complexity index is 3640. The molecular weight excluding hydrogens is 1770 g/mol. The Balaban J connectivity index is -0.00000144. The average Bonchev–Trinajstić information content (AvgIpc) is 0.745. The van der Waals surface area contributed by atoms with Gasteiger partial charge in [-0.05, 0) is 160 Å². The van der Waals surface area contributed by atoms with Gasteiger partial charge in [0.2, 0.25) is 0 Å². The second kappa shape index (κ2) is 45.4. The molecule has 10 N–H and O–H groups in total. The van der Waals surface area contributed by atoms with Crippen LogP contribution in [0.3, 0.4) is 0 Å². The SMILES string of the molecule is C=C(C)C(=O)OC(C)CC(C)(O)C(F)(F)F.C=C(C)C(=O)OC(CC(C)C)CC(C)(O)C(F)(F)F.C=C(C)C(=O)OC1CC(C(C)(O)C(F)(F)F)C(O)C(C(C)(O)C(F)(F)F)C1.C=C(C)C(=O)OC1CC(C(C)(O)C(F)(F)F)CC(C(C)(O)C(F)(F)F)C1.C=C(C)C(=O)OC1CCC(O)C(C(O)(C(F)(F)F)C(F)(F)F)C1.C=C(C)C(=O)OCCNS(=C)(C)=O. The predicted octanol–water partition coefficient (Wildman–Crippen LogP) is 13.9. The van der Waals surface area contributed by atoms with Gasteiger partial charge in [0.1, 0.15) is 37.1 Å². The number of esters is 6. The summed E-state index contributed by atoms with van der Waals surface area (Å²) >= 11 is 0. The average molecular weight is 1880 g/mol. The molecule has 726 valence electrons. The quantitative estimate of drug-likeness (QED) is 0.00960. The van der Waals surface area contributed by atoms with Crippen LogP contribution in [0.15, 0.2) is 72.9 Å². The van der Waals surface area contributed by atoms with Crippen LogP contribution in [0.5, 0.6) is 0 Å². The number of aliphatic hydroxyl groups is 9. The molecule has 3 fully saturated rings. The predicted molar refractivity (Wildman–Crippen MR) is 396 cm³/mol. The summed E-state index contributed by atoms with van der Waals surface area (Å²) in [5.74, 6) is -11.9. The highest BCUT2D eigenvalue weighted by molar-refractivity contribution is 7.97. The third-order valence-corrected chi connectivity index (χ3v) is 20.3. The first-order chi connectivity index (χ1) is 54.6. The van der Waals surface area contributed by atoms with Gasteiger partial charge >= 0.3 is 85.2 Å². The van der Waals surface area contributed by atoms with Gasteiger partial charge in [-0.2, -0.15) is 105 Å². The molecule has 0 aromatic rings. The van der Waals surface area contributed by atoms with Crippen molar-refractivity contribution in [2.45, 2.75) is 306 Å². The van der Waals surface area contributed by atoms with Crippen LogP contribution in [0.4, 0.5) is 105 Å². The van der Waals surface area contributed by atoms with Crippen molar-refractivity contribution < 1.29 is 213 Å². The van der Waals surface area contributed by atoms with Gasteiger partial charge in [-0.15, -0.1) is 0 Å². The molecule has 16 atom stereocenters. The van der Waals surface area contributed by atoms with Crippen LogP contribution in [0.25, 0.3) is 0 Å². The minimum absolute atomic E-state index is 0.0342. The second-order valence-electron chi connectivity index (χ2n) is 32.2. The lowest BCUT2D eigenvalue weighted by Crippen LogP contribution is -2.65. The summed E-state index contributed by atoms with van der Waals surface area (Å²) in [5, 5.41) is 87.3. The first kappa shape index (κ1) is 121. The van der Waals surface area contributed by atoms with E-state index in [4.69, 9.17) is 28.8 Å². The number of nitrogens with one attached hydrogen (secondary N) is 1. The summed E-state index contributed by atoms with van der Waals surface area (Å²) in [6.07, 6.45) is -57.4. The molecule has 0 saturated heterocycles. The van der Waals surface area contributed by atoms with E-state index in [2.05, 4.69) is 54.8 Å². The molecule has 3 aliphatic rings. The molecule has 0 aliphatic heterocycles. The fourth-order valence-electron chi connectivity index (χ4n) is 11.7. The van der Waals surface area contributed by atoms with Crippen LogP contribution in [-0.2, 0) is 66.9 Å². The Morgan fingerprint density at radius 3 is 0.992 bits per heavy atom. The maximum atomic E-state index is 13.2. The van der Waals surface area contributed by atoms with Crippen LogP contribution in [0, 0.1) is 35.5 Å². The van der Waals surface area contributed by atoms with Crippen molar-refractivity contribution >= 4 is 51.4 Å². The maximum Gasteiger partial charge on any atom is 0.426 e. The molecule has 48 heteroatoms. The van der Waals surface area contributed by atoms with Crippen LogP contribution in [0.2, 0.25) is 0 Å². The van der Waals surface area contributed by atoms with Gasteiger partial charge in [-0.1, -0.05) is 53.3 Å². The lowest BCUT2D eigenvalue weighted by Gasteiger charge is -2.49. The second-order valence-corrected chi connectivity index (χ2v) is 34.5. The number of hydrogen-bond acceptors (Lipinski definition) is 22. The molecule has 0 aromatic heterocycles. The maximum absolute atomic E-state index is 13.2. The van der Waals surface area contributed by atoms with Crippen LogP contribution in [-0.4, -0.2) is 243 Å². The number of hydrogen-bond donors (Lipinski definition) is 10. The zero-order chi connectivity index (χ0) is 99.6. The van der Waals surface area contributed by atoms with Crippen molar-refractivity contribution in [1.29, 1.82) is 0 Å². The van der Waals surface area contributed by atoms with E-state index in [0.717, 1.165) is 0 Å². The van der Waals surface area contributed by atoms with Gasteiger partial charge in [-0.3, -0.25) is 4.21 Å². The summed E-state index contributed by atoms with van der Waals surface area (Å²) in [6, 6.07) is 0. The van der Waals surface area contributed by atoms with Gasteiger partial charge in [0, 0.05) is 98.4 Å². The molecule has 0 heterocycles. The lowest BCUT2D eigenvalue weighted by molar-refractivity contribution is -0.394. The molecule has 0 bridgehead atoms. The van der Waals surface area contributed by atoms with Gasteiger partial charge in [0.05, 0.1) is 12.2 Å². The number of aliphatic hydroxyl groups excluding tert-OH is 2. The molecule has 23 nitrogen and oxygen atoms in total. The molecule has 0 amide bonds. The summed E-state index contributed by atoms with van der Waals surface area (Å²) in [6.45, 7) is 36.3. The topological polar surface area (TPSA) is 369 Å². The molecule has 3 saturated carbocycles. The van der Waals surface area contributed by atoms with Crippen molar-refractivity contribution in [3.8, 4) is 0 Å². The van der Waals surface area contributed by atoms with Gasteiger partial charge in [0.25, 0.3) is 5.60 Å². The molecule has 0 spiro atoms. The van der Waals surface area contributed by atoms with Crippen LogP contribution >= 0.6 is 0 Å². The molecule has 0 radical (unpaired) electrons. The fourth-order valence-corrected chi connectivity index (χ4v) is 12.2. The monoisotopic (exact) mass is 1880 g/mol. The Morgan fingerprint density at radius 1 is 0.403 bits per heavy atom. The number of carbonyl (C=O) groups excluding carboxylic acids is 6. The van der Waals surface area contributed by atoms with Gasteiger partial charge in [-0.25, -0.2) is 33.5 Å². The van der Waals surface area contributed by atoms with Crippen molar-refractivity contribution in [2.24, 2.45) is 35.5 Å². The number of halogens is 24. The van der Waals surface area contributed by atoms with Crippen molar-refractivity contribution in [3.05, 3.63) is 72.9 Å². The zero-order valence-electron chi connectivity index (χ0n) is 70.5. The zero-order valence-corrected chi connectivity index (χ0v) is 71.3. The van der Waals surface area contributed by atoms with Crippen LogP contribution in [0.1, 0.15) is 174 Å². The van der Waals surface area contributed by atoms with E-state index in [1.165, 1.54) is 47.8 Å². The minimum Gasteiger partial charge on any atom is -0.461 e. The number of rotatable bonds is 26. The van der Waals surface area contributed by atoms with E-state index in [1.807, 2.05) is 0 Å². The Morgan fingerprint density at radius 2 is 0.702 bits per heavy atom. The normalized spacial score (nSPS) is 24.4. The van der Waals surface area contributed by atoms with E-state index >= 15 is 0 Å². The van der Waals surface area contributed by atoms with E-state index in [9.17, 15) is 179 Å². The summed E-state index contributed by atoms with van der Waals surface area (Å²) < 4.78 is 352. The van der Waals surface area contributed by atoms with Crippen molar-refractivity contribution in [3.63, 3.8) is 0 Å². The molecule has 3 aliphatic carbocycles. The molecule has 3 rings (SSSR count). The number of carbonyl (C=O) groups is 6. The van der Waals surface area contributed by atoms with E-state index < -0.39 is 264 Å². The Hall–Kier alpha value is -6.80. The third-order valence-electron chi connectivity index (χ3n) is 19.5. The van der Waals surface area contributed by atoms with Crippen molar-refractivity contribution in [2.75, 3.05) is 19.4 Å². The first-order valence-electron chi connectivity index (χ1n) is 36.8. The molecular formula is C76H111F24NO22S. The molecule has 0 aromatic carbocycles. The largest absolute Gasteiger partial charge is 0.461 e. The first-order valence-corrected chi connectivity index (χ1v) is 38.9. The Kier molecular flexibility index (Phi) is 44.5. The molecule has 16 unspecified atom stereocenters. The highest BCUT2D eigenvalue weighted by atomic mass is 32.2. The Labute approximate surface area is 700 Å². The summed E-state index contributed by atoms with van der Waals surface area (Å²) in [4.78, 5) is 67.8. The van der Waals surface area contributed by atoms with E-state index in [1.54, 1.807) is 20.8 Å². The number of ether oxygens (including phenoxy) is 6. The third kappa shape index (κ3) is 36.7. The minimum atomic E-state index is -6.04. The van der Waals surface area contributed by atoms with Gasteiger partial charge < -0.3 is 74.4 Å². The fraction of sp³-hybridized carbons (Fsp3) is 0.750. The summed E-state index contributed by atoms with van der Waals surface area (Å²) in [7, 11) is -2.21. The van der Waals surface area contributed by atoms with Crippen LogP contribution < -0.4 is 4.72 Å².